The second kappa shape index (κ2) is 8.62. The Morgan fingerprint density at radius 1 is 1.12 bits per heavy atom. The Morgan fingerprint density at radius 2 is 1.94 bits per heavy atom. The summed E-state index contributed by atoms with van der Waals surface area (Å²) in [6.07, 6.45) is 11.6. The van der Waals surface area contributed by atoms with E-state index in [1.54, 1.807) is 24.7 Å². The lowest BCUT2D eigenvalue weighted by molar-refractivity contribution is 0.0509. The molecule has 1 spiro atoms. The Hall–Kier alpha value is -2.79. The molecule has 0 bridgehead atoms. The maximum Gasteiger partial charge on any atom is 0.254 e. The van der Waals surface area contributed by atoms with Crippen LogP contribution in [0.3, 0.4) is 0 Å². The van der Waals surface area contributed by atoms with Crippen LogP contribution in [0, 0.1) is 12.3 Å². The number of benzene rings is 1. The van der Waals surface area contributed by atoms with Crippen LogP contribution < -0.4 is 0 Å². The monoisotopic (exact) mass is 446 g/mol. The van der Waals surface area contributed by atoms with Gasteiger partial charge in [0.1, 0.15) is 0 Å². The lowest BCUT2D eigenvalue weighted by Gasteiger charge is -2.40. The van der Waals surface area contributed by atoms with Crippen LogP contribution in [0.1, 0.15) is 53.7 Å². The van der Waals surface area contributed by atoms with Crippen molar-refractivity contribution in [3.05, 3.63) is 76.8 Å². The Kier molecular flexibility index (Phi) is 5.68. The Bertz CT molecular complexity index is 1110. The zero-order valence-corrected chi connectivity index (χ0v) is 19.1. The topological polar surface area (TPSA) is 59.0 Å². The lowest BCUT2D eigenvalue weighted by Crippen LogP contribution is -2.47. The van der Waals surface area contributed by atoms with Gasteiger partial charge in [0.15, 0.2) is 5.82 Å². The van der Waals surface area contributed by atoms with E-state index in [0.29, 0.717) is 21.8 Å². The third-order valence-electron chi connectivity index (χ3n) is 6.94. The van der Waals surface area contributed by atoms with Crippen LogP contribution in [0.15, 0.2) is 55.0 Å². The zero-order chi connectivity index (χ0) is 22.1. The van der Waals surface area contributed by atoms with Crippen molar-refractivity contribution in [3.63, 3.8) is 0 Å². The number of rotatable bonds is 5. The first-order chi connectivity index (χ1) is 15.5. The molecule has 1 amide bonds. The molecular formula is C26H27ClN4O. The van der Waals surface area contributed by atoms with E-state index in [1.165, 1.54) is 12.8 Å². The lowest BCUT2D eigenvalue weighted by atomic mass is 9.85. The molecule has 1 saturated carbocycles. The highest BCUT2D eigenvalue weighted by Crippen LogP contribution is 2.55. The first kappa shape index (κ1) is 21.1. The number of aromatic nitrogens is 3. The fourth-order valence-electron chi connectivity index (χ4n) is 4.90. The minimum Gasteiger partial charge on any atom is -0.336 e. The molecule has 3 aromatic rings. The van der Waals surface area contributed by atoms with Crippen LogP contribution in [0.4, 0.5) is 0 Å². The number of pyridine rings is 1. The van der Waals surface area contributed by atoms with E-state index in [1.807, 2.05) is 37.3 Å². The molecule has 0 radical (unpaired) electrons. The van der Waals surface area contributed by atoms with E-state index in [-0.39, 0.29) is 11.9 Å². The predicted octanol–water partition coefficient (Wildman–Crippen LogP) is 5.52. The highest BCUT2D eigenvalue weighted by atomic mass is 35.5. The summed E-state index contributed by atoms with van der Waals surface area (Å²) in [5, 5.41) is 0.648. The molecule has 5 nitrogen and oxygen atoms in total. The summed E-state index contributed by atoms with van der Waals surface area (Å²) in [5.74, 6) is 0.675. The summed E-state index contributed by atoms with van der Waals surface area (Å²) in [7, 11) is 0. The van der Waals surface area contributed by atoms with E-state index in [0.717, 1.165) is 49.0 Å². The van der Waals surface area contributed by atoms with Gasteiger partial charge in [-0.05, 0) is 75.1 Å². The van der Waals surface area contributed by atoms with Gasteiger partial charge >= 0.3 is 0 Å². The summed E-state index contributed by atoms with van der Waals surface area (Å²) < 4.78 is 0. The van der Waals surface area contributed by atoms with Crippen molar-refractivity contribution in [2.24, 2.45) is 5.41 Å². The number of amides is 1. The molecule has 1 aliphatic carbocycles. The van der Waals surface area contributed by atoms with Crippen LogP contribution in [0.25, 0.3) is 11.4 Å². The second-order valence-electron chi connectivity index (χ2n) is 9.23. The van der Waals surface area contributed by atoms with Crippen molar-refractivity contribution in [1.29, 1.82) is 0 Å². The minimum atomic E-state index is 0.0840. The molecule has 6 heteroatoms. The third-order valence-corrected chi connectivity index (χ3v) is 7.17. The molecule has 2 fully saturated rings. The van der Waals surface area contributed by atoms with E-state index < -0.39 is 0 Å². The SMILES string of the molecule is Cc1ccc(-c2ncccn2)c(C(=O)N2CCC3(CC3)CC2CCc2ccc(Cl)cn2)c1. The van der Waals surface area contributed by atoms with Gasteiger partial charge in [0.2, 0.25) is 0 Å². The number of hydrogen-bond donors (Lipinski definition) is 0. The Labute approximate surface area is 193 Å². The van der Waals surface area contributed by atoms with Crippen LogP contribution >= 0.6 is 11.6 Å². The van der Waals surface area contributed by atoms with E-state index in [2.05, 4.69) is 19.9 Å². The summed E-state index contributed by atoms with van der Waals surface area (Å²) in [4.78, 5) is 29.2. The van der Waals surface area contributed by atoms with Crippen LogP contribution in [0.5, 0.6) is 0 Å². The summed E-state index contributed by atoms with van der Waals surface area (Å²) in [6, 6.07) is 11.8. The van der Waals surface area contributed by atoms with Gasteiger partial charge in [-0.25, -0.2) is 9.97 Å². The summed E-state index contributed by atoms with van der Waals surface area (Å²) in [5.41, 5.74) is 4.02. The molecule has 1 atom stereocenters. The van der Waals surface area contributed by atoms with Crippen LogP contribution in [-0.2, 0) is 6.42 Å². The number of likely N-dealkylation sites (tertiary alicyclic amines) is 1. The van der Waals surface area contributed by atoms with Crippen LogP contribution in [-0.4, -0.2) is 38.3 Å². The van der Waals surface area contributed by atoms with E-state index >= 15 is 0 Å². The molecule has 2 aliphatic rings. The maximum atomic E-state index is 13.9. The van der Waals surface area contributed by atoms with Gasteiger partial charge in [-0.1, -0.05) is 29.3 Å². The first-order valence-corrected chi connectivity index (χ1v) is 11.7. The first-order valence-electron chi connectivity index (χ1n) is 11.3. The third kappa shape index (κ3) is 4.40. The van der Waals surface area contributed by atoms with Crippen molar-refractivity contribution in [2.45, 2.75) is 51.5 Å². The molecule has 164 valence electrons. The molecule has 1 saturated heterocycles. The van der Waals surface area contributed by atoms with Gasteiger partial charge in [0.05, 0.1) is 10.6 Å². The van der Waals surface area contributed by atoms with Crippen molar-refractivity contribution in [2.75, 3.05) is 6.54 Å². The average molecular weight is 447 g/mol. The fourth-order valence-corrected chi connectivity index (χ4v) is 5.01. The maximum absolute atomic E-state index is 13.9. The van der Waals surface area contributed by atoms with Gasteiger partial charge < -0.3 is 4.90 Å². The van der Waals surface area contributed by atoms with Gasteiger partial charge in [-0.15, -0.1) is 0 Å². The predicted molar refractivity (Wildman–Crippen MR) is 125 cm³/mol. The highest BCUT2D eigenvalue weighted by molar-refractivity contribution is 6.30. The fraction of sp³-hybridized carbons (Fsp3) is 0.385. The average Bonchev–Trinajstić information content (AvgIpc) is 3.57. The molecule has 1 unspecified atom stereocenters. The number of piperidine rings is 1. The van der Waals surface area contributed by atoms with Crippen molar-refractivity contribution in [3.8, 4) is 11.4 Å². The number of nitrogens with zero attached hydrogens (tertiary/aromatic N) is 4. The molecule has 2 aromatic heterocycles. The molecule has 1 aliphatic heterocycles. The van der Waals surface area contributed by atoms with Gasteiger partial charge in [-0.2, -0.15) is 0 Å². The number of carbonyl (C=O) groups is 1. The van der Waals surface area contributed by atoms with Crippen molar-refractivity contribution < 1.29 is 4.79 Å². The molecular weight excluding hydrogens is 420 g/mol. The number of halogens is 1. The highest BCUT2D eigenvalue weighted by Gasteiger charge is 2.49. The van der Waals surface area contributed by atoms with Gasteiger partial charge in [0, 0.05) is 42.4 Å². The molecule has 0 N–H and O–H groups in total. The smallest absolute Gasteiger partial charge is 0.254 e. The Morgan fingerprint density at radius 3 is 2.66 bits per heavy atom. The normalized spacial score (nSPS) is 19.2. The number of carbonyl (C=O) groups excluding carboxylic acids is 1. The number of hydrogen-bond acceptors (Lipinski definition) is 4. The number of aryl methyl sites for hydroxylation is 2. The summed E-state index contributed by atoms with van der Waals surface area (Å²) in [6.45, 7) is 2.83. The summed E-state index contributed by atoms with van der Waals surface area (Å²) >= 11 is 5.99. The quantitative estimate of drug-likeness (QED) is 0.517. The van der Waals surface area contributed by atoms with E-state index in [9.17, 15) is 4.79 Å². The van der Waals surface area contributed by atoms with E-state index in [4.69, 9.17) is 11.6 Å². The zero-order valence-electron chi connectivity index (χ0n) is 18.3. The minimum absolute atomic E-state index is 0.0840. The molecule has 3 heterocycles. The molecule has 1 aromatic carbocycles. The van der Waals surface area contributed by atoms with Crippen LogP contribution in [0.2, 0.25) is 5.02 Å². The molecule has 32 heavy (non-hydrogen) atoms. The van der Waals surface area contributed by atoms with Gasteiger partial charge in [-0.3, -0.25) is 9.78 Å². The standard InChI is InChI=1S/C26H27ClN4O/c1-18-3-8-22(24-28-12-2-13-29-24)23(15-18)25(32)31-14-11-26(9-10-26)16-21(31)7-6-20-5-4-19(27)17-30-20/h2-5,8,12-13,15,17,21H,6-7,9-11,14,16H2,1H3. The van der Waals surface area contributed by atoms with Crippen molar-refractivity contribution >= 4 is 17.5 Å². The Balaban J connectivity index is 1.42. The largest absolute Gasteiger partial charge is 0.336 e. The van der Waals surface area contributed by atoms with Crippen molar-refractivity contribution in [1.82, 2.24) is 19.9 Å². The second-order valence-corrected chi connectivity index (χ2v) is 9.67. The molecule has 5 rings (SSSR count). The van der Waals surface area contributed by atoms with Gasteiger partial charge in [0.25, 0.3) is 5.91 Å².